The Morgan fingerprint density at radius 3 is 2.52 bits per heavy atom. The highest BCUT2D eigenvalue weighted by Crippen LogP contribution is 2.62. The van der Waals surface area contributed by atoms with Crippen molar-refractivity contribution in [1.82, 2.24) is 0 Å². The molecule has 0 unspecified atom stereocenters. The van der Waals surface area contributed by atoms with Crippen LogP contribution in [0.15, 0.2) is 0 Å². The lowest BCUT2D eigenvalue weighted by molar-refractivity contribution is -0.183. The Hall–Kier alpha value is -0.410. The lowest BCUT2D eigenvalue weighted by Gasteiger charge is -2.56. The van der Waals surface area contributed by atoms with Gasteiger partial charge in [-0.15, -0.1) is 0 Å². The summed E-state index contributed by atoms with van der Waals surface area (Å²) < 4.78 is 6.29. The predicted molar refractivity (Wildman–Crippen MR) is 88.9 cm³/mol. The molecule has 0 aromatic heterocycles. The maximum Gasteiger partial charge on any atom is 0.133 e. The van der Waals surface area contributed by atoms with Gasteiger partial charge in [-0.25, -0.2) is 0 Å². The van der Waals surface area contributed by atoms with E-state index < -0.39 is 5.60 Å². The summed E-state index contributed by atoms with van der Waals surface area (Å²) in [6.07, 6.45) is 7.85. The number of Topliss-reactive ketones (excluding diaryl/α,β-unsaturated/α-hetero) is 1. The molecule has 23 heavy (non-hydrogen) atoms. The van der Waals surface area contributed by atoms with E-state index in [9.17, 15) is 9.90 Å². The van der Waals surface area contributed by atoms with Crippen molar-refractivity contribution in [1.29, 1.82) is 0 Å². The molecule has 0 spiro atoms. The van der Waals surface area contributed by atoms with Gasteiger partial charge in [-0.05, 0) is 81.5 Å². The fourth-order valence-electron chi connectivity index (χ4n) is 7.01. The minimum atomic E-state index is -0.537. The van der Waals surface area contributed by atoms with E-state index in [0.717, 1.165) is 38.2 Å². The largest absolute Gasteiger partial charge is 0.390 e. The first kappa shape index (κ1) is 16.1. The van der Waals surface area contributed by atoms with Crippen molar-refractivity contribution in [2.45, 2.75) is 77.4 Å². The second kappa shape index (κ2) is 5.29. The molecule has 1 N–H and O–H groups in total. The summed E-state index contributed by atoms with van der Waals surface area (Å²) in [5.41, 5.74) is -0.326. The molecule has 130 valence electrons. The van der Waals surface area contributed by atoms with Crippen LogP contribution in [0.2, 0.25) is 0 Å². The lowest BCUT2D eigenvalue weighted by atomic mass is 9.53. The van der Waals surface area contributed by atoms with E-state index in [-0.39, 0.29) is 17.4 Å². The minimum absolute atomic E-state index is 0.212. The van der Waals surface area contributed by atoms with Gasteiger partial charge in [0.05, 0.1) is 18.3 Å². The molecule has 4 aliphatic rings. The van der Waals surface area contributed by atoms with Gasteiger partial charge in [0.15, 0.2) is 0 Å². The van der Waals surface area contributed by atoms with Gasteiger partial charge in [-0.1, -0.05) is 6.92 Å². The standard InChI is InChI=1S/C20H32O3/c1-12(21)16-4-5-17-15-11-23-18-10-19(2,22)8-6-14(18)13(15)7-9-20(16,17)3/h13-18,22H,4-11H2,1-3H3/t13-,14-,15-,16-,17+,18-,19-,20-/m1/s1. The van der Waals surface area contributed by atoms with Crippen LogP contribution in [0.25, 0.3) is 0 Å². The summed E-state index contributed by atoms with van der Waals surface area (Å²) in [4.78, 5) is 12.1. The Morgan fingerprint density at radius 2 is 1.78 bits per heavy atom. The molecule has 0 aromatic rings. The molecule has 0 radical (unpaired) electrons. The third-order valence-corrected chi connectivity index (χ3v) is 8.17. The van der Waals surface area contributed by atoms with Crippen molar-refractivity contribution in [3.8, 4) is 0 Å². The Morgan fingerprint density at radius 1 is 1.04 bits per heavy atom. The SMILES string of the molecule is CC(=O)[C@H]1CC[C@H]2[C@@H]3CO[C@@H]4C[C@](C)(O)CC[C@@H]4[C@H]3CC[C@]12C. The molecule has 4 rings (SSSR count). The molecule has 1 saturated heterocycles. The molecule has 1 aliphatic heterocycles. The maximum atomic E-state index is 12.1. The van der Waals surface area contributed by atoms with Crippen molar-refractivity contribution in [3.63, 3.8) is 0 Å². The van der Waals surface area contributed by atoms with Crippen LogP contribution in [0.4, 0.5) is 0 Å². The Bertz CT molecular complexity index is 499. The molecule has 1 heterocycles. The number of carbonyl (C=O) groups is 1. The number of rotatable bonds is 1. The van der Waals surface area contributed by atoms with Gasteiger partial charge in [0.1, 0.15) is 5.78 Å². The van der Waals surface area contributed by atoms with Gasteiger partial charge in [-0.3, -0.25) is 4.79 Å². The topological polar surface area (TPSA) is 46.5 Å². The van der Waals surface area contributed by atoms with E-state index in [1.807, 2.05) is 6.92 Å². The summed E-state index contributed by atoms with van der Waals surface area (Å²) in [6, 6.07) is 0. The predicted octanol–water partition coefficient (Wildman–Crippen LogP) is 3.58. The van der Waals surface area contributed by atoms with Crippen molar-refractivity contribution in [2.24, 2.45) is 35.0 Å². The van der Waals surface area contributed by atoms with E-state index in [2.05, 4.69) is 6.92 Å². The van der Waals surface area contributed by atoms with Crippen molar-refractivity contribution in [3.05, 3.63) is 0 Å². The van der Waals surface area contributed by atoms with Crippen LogP contribution in [0.3, 0.4) is 0 Å². The van der Waals surface area contributed by atoms with Gasteiger partial charge in [0, 0.05) is 12.3 Å². The van der Waals surface area contributed by atoms with Crippen molar-refractivity contribution < 1.29 is 14.6 Å². The average molecular weight is 320 g/mol. The number of aliphatic hydroxyl groups is 1. The molecule has 0 amide bonds. The van der Waals surface area contributed by atoms with Crippen molar-refractivity contribution in [2.75, 3.05) is 6.61 Å². The van der Waals surface area contributed by atoms with Crippen LogP contribution in [0.5, 0.6) is 0 Å². The first-order valence-corrected chi connectivity index (χ1v) is 9.66. The number of hydrogen-bond acceptors (Lipinski definition) is 3. The van der Waals surface area contributed by atoms with Crippen LogP contribution in [-0.4, -0.2) is 29.2 Å². The van der Waals surface area contributed by atoms with Gasteiger partial charge >= 0.3 is 0 Å². The van der Waals surface area contributed by atoms with Crippen LogP contribution in [0, 0.1) is 35.0 Å². The van der Waals surface area contributed by atoms with Crippen LogP contribution < -0.4 is 0 Å². The molecule has 8 atom stereocenters. The maximum absolute atomic E-state index is 12.1. The number of fused-ring (bicyclic) bond motifs is 5. The van der Waals surface area contributed by atoms with E-state index in [1.165, 1.54) is 19.3 Å². The molecule has 3 heteroatoms. The number of ketones is 1. The van der Waals surface area contributed by atoms with Gasteiger partial charge in [0.2, 0.25) is 0 Å². The monoisotopic (exact) mass is 320 g/mol. The fourth-order valence-corrected chi connectivity index (χ4v) is 7.01. The van der Waals surface area contributed by atoms with Crippen LogP contribution in [-0.2, 0) is 9.53 Å². The van der Waals surface area contributed by atoms with Gasteiger partial charge in [0.25, 0.3) is 0 Å². The third kappa shape index (κ3) is 2.41. The van der Waals surface area contributed by atoms with E-state index in [1.54, 1.807) is 6.92 Å². The Balaban J connectivity index is 1.56. The molecule has 0 bridgehead atoms. The summed E-state index contributed by atoms with van der Waals surface area (Å²) in [5.74, 6) is 3.37. The summed E-state index contributed by atoms with van der Waals surface area (Å²) in [7, 11) is 0. The second-order valence-corrected chi connectivity index (χ2v) is 9.49. The lowest BCUT2D eigenvalue weighted by Crippen LogP contribution is -2.55. The molecule has 4 fully saturated rings. The Labute approximate surface area is 140 Å². The summed E-state index contributed by atoms with van der Waals surface area (Å²) in [6.45, 7) is 6.99. The van der Waals surface area contributed by atoms with E-state index in [0.29, 0.717) is 23.5 Å². The summed E-state index contributed by atoms with van der Waals surface area (Å²) >= 11 is 0. The first-order chi connectivity index (χ1) is 10.8. The normalized spacial score (nSPS) is 55.7. The minimum Gasteiger partial charge on any atom is -0.390 e. The fraction of sp³-hybridized carbons (Fsp3) is 0.950. The quantitative estimate of drug-likeness (QED) is 0.803. The number of hydrogen-bond donors (Lipinski definition) is 1. The van der Waals surface area contributed by atoms with E-state index in [4.69, 9.17) is 4.74 Å². The zero-order chi connectivity index (χ0) is 16.4. The molecular weight excluding hydrogens is 288 g/mol. The van der Waals surface area contributed by atoms with Gasteiger partial charge < -0.3 is 9.84 Å². The first-order valence-electron chi connectivity index (χ1n) is 9.66. The van der Waals surface area contributed by atoms with Crippen molar-refractivity contribution >= 4 is 5.78 Å². The summed E-state index contributed by atoms with van der Waals surface area (Å²) in [5, 5.41) is 10.4. The van der Waals surface area contributed by atoms with Crippen LogP contribution >= 0.6 is 0 Å². The average Bonchev–Trinajstić information content (AvgIpc) is 2.83. The highest BCUT2D eigenvalue weighted by atomic mass is 16.5. The number of ether oxygens (including phenoxy) is 1. The molecule has 3 aliphatic carbocycles. The number of carbonyl (C=O) groups excluding carboxylic acids is 1. The third-order valence-electron chi connectivity index (χ3n) is 8.17. The molecule has 0 aromatic carbocycles. The highest BCUT2D eigenvalue weighted by Gasteiger charge is 2.58. The molecule has 3 saturated carbocycles. The molecule has 3 nitrogen and oxygen atoms in total. The zero-order valence-corrected chi connectivity index (χ0v) is 14.9. The molecular formula is C20H32O3. The smallest absolute Gasteiger partial charge is 0.133 e. The highest BCUT2D eigenvalue weighted by molar-refractivity contribution is 5.79. The van der Waals surface area contributed by atoms with E-state index >= 15 is 0 Å². The van der Waals surface area contributed by atoms with Crippen LogP contribution in [0.1, 0.15) is 65.7 Å². The van der Waals surface area contributed by atoms with Gasteiger partial charge in [-0.2, -0.15) is 0 Å². The Kier molecular flexibility index (Phi) is 3.70. The zero-order valence-electron chi connectivity index (χ0n) is 14.9. The second-order valence-electron chi connectivity index (χ2n) is 9.49.